The number of carboxylic acid groups (broad SMARTS) is 1. The van der Waals surface area contributed by atoms with E-state index in [1.165, 1.54) is 6.92 Å². The summed E-state index contributed by atoms with van der Waals surface area (Å²) in [5.74, 6) is -1.51. The highest BCUT2D eigenvalue weighted by Gasteiger charge is 2.23. The van der Waals surface area contributed by atoms with E-state index >= 15 is 0 Å². The lowest BCUT2D eigenvalue weighted by molar-refractivity contribution is -0.137. The van der Waals surface area contributed by atoms with Crippen LogP contribution >= 0.6 is 23.2 Å². The molecule has 0 aliphatic rings. The molecule has 0 radical (unpaired) electrons. The number of aromatic nitrogens is 2. The van der Waals surface area contributed by atoms with Crippen molar-refractivity contribution in [2.24, 2.45) is 0 Å². The second-order valence-corrected chi connectivity index (χ2v) is 7.21. The normalized spacial score (nSPS) is 10.7. The van der Waals surface area contributed by atoms with E-state index in [-0.39, 0.29) is 18.5 Å². The summed E-state index contributed by atoms with van der Waals surface area (Å²) >= 11 is 12.0. The molecule has 0 bridgehead atoms. The highest BCUT2D eigenvalue weighted by molar-refractivity contribution is 6.31. The van der Waals surface area contributed by atoms with Gasteiger partial charge in [-0.3, -0.25) is 14.4 Å². The molecule has 3 rings (SSSR count). The summed E-state index contributed by atoms with van der Waals surface area (Å²) in [6.45, 7) is 1.14. The van der Waals surface area contributed by atoms with Crippen molar-refractivity contribution >= 4 is 35.0 Å². The van der Waals surface area contributed by atoms with Gasteiger partial charge in [-0.25, -0.2) is 4.68 Å². The fraction of sp³-hybridized carbons (Fsp3) is 0.143. The van der Waals surface area contributed by atoms with E-state index in [1.807, 2.05) is 0 Å². The molecule has 0 amide bonds. The Labute approximate surface area is 176 Å². The van der Waals surface area contributed by atoms with E-state index in [4.69, 9.17) is 28.3 Å². The first-order valence-electron chi connectivity index (χ1n) is 8.67. The van der Waals surface area contributed by atoms with Crippen molar-refractivity contribution < 1.29 is 14.7 Å². The first-order chi connectivity index (χ1) is 13.8. The van der Waals surface area contributed by atoms with E-state index in [9.17, 15) is 14.4 Å². The van der Waals surface area contributed by atoms with Gasteiger partial charge in [0.1, 0.15) is 0 Å². The molecule has 3 aromatic rings. The summed E-state index contributed by atoms with van der Waals surface area (Å²) in [4.78, 5) is 36.4. The predicted octanol–water partition coefficient (Wildman–Crippen LogP) is 4.56. The average Bonchev–Trinajstić information content (AvgIpc) is 2.67. The molecule has 1 N–H and O–H groups in total. The van der Waals surface area contributed by atoms with Crippen molar-refractivity contribution in [3.8, 4) is 22.4 Å². The number of nitrogens with zero attached hydrogens (tertiary/aromatic N) is 2. The molecular formula is C21H16Cl2N2O4. The van der Waals surface area contributed by atoms with Crippen molar-refractivity contribution in [3.05, 3.63) is 74.5 Å². The van der Waals surface area contributed by atoms with E-state index in [2.05, 4.69) is 5.10 Å². The molecule has 2 aromatic carbocycles. The zero-order valence-corrected chi connectivity index (χ0v) is 16.9. The van der Waals surface area contributed by atoms with E-state index < -0.39 is 17.3 Å². The summed E-state index contributed by atoms with van der Waals surface area (Å²) in [5, 5.41) is 14.4. The maximum atomic E-state index is 13.0. The Balaban J connectivity index is 2.36. The van der Waals surface area contributed by atoms with Gasteiger partial charge in [0.05, 0.1) is 24.2 Å². The second kappa shape index (κ2) is 8.59. The molecule has 0 fully saturated rings. The number of Topliss-reactive ketones (excluding diaryl/α,β-unsaturated/α-hetero) is 1. The van der Waals surface area contributed by atoms with E-state index in [1.54, 1.807) is 48.5 Å². The SMILES string of the molecule is CC(=O)c1c(-c2ccc(Cl)cc2)c(-c2ccc(Cl)cc2)nn(CCC(=O)O)c1=O. The van der Waals surface area contributed by atoms with Crippen molar-refractivity contribution in [3.63, 3.8) is 0 Å². The summed E-state index contributed by atoms with van der Waals surface area (Å²) in [5.41, 5.74) is 1.27. The van der Waals surface area contributed by atoms with Crippen LogP contribution in [0.25, 0.3) is 22.4 Å². The number of hydrogen-bond acceptors (Lipinski definition) is 4. The summed E-state index contributed by atoms with van der Waals surface area (Å²) in [7, 11) is 0. The lowest BCUT2D eigenvalue weighted by atomic mass is 9.94. The lowest BCUT2D eigenvalue weighted by Gasteiger charge is -2.16. The molecule has 6 nitrogen and oxygen atoms in total. The second-order valence-electron chi connectivity index (χ2n) is 6.34. The average molecular weight is 431 g/mol. The number of carbonyl (C=O) groups excluding carboxylic acids is 1. The van der Waals surface area contributed by atoms with Crippen molar-refractivity contribution in [2.45, 2.75) is 19.9 Å². The molecular weight excluding hydrogens is 415 g/mol. The summed E-state index contributed by atoms with van der Waals surface area (Å²) in [6, 6.07) is 13.5. The van der Waals surface area contributed by atoms with Crippen molar-refractivity contribution in [2.75, 3.05) is 0 Å². The maximum absolute atomic E-state index is 13.0. The number of halogens is 2. The highest BCUT2D eigenvalue weighted by Crippen LogP contribution is 2.33. The lowest BCUT2D eigenvalue weighted by Crippen LogP contribution is -2.30. The van der Waals surface area contributed by atoms with Gasteiger partial charge in [-0.15, -0.1) is 0 Å². The Hall–Kier alpha value is -2.96. The van der Waals surface area contributed by atoms with Crippen LogP contribution in [0.15, 0.2) is 53.3 Å². The fourth-order valence-corrected chi connectivity index (χ4v) is 3.21. The molecule has 1 aromatic heterocycles. The minimum Gasteiger partial charge on any atom is -0.481 e. The molecule has 0 unspecified atom stereocenters. The van der Waals surface area contributed by atoms with Gasteiger partial charge in [-0.2, -0.15) is 5.10 Å². The minimum atomic E-state index is -1.07. The zero-order chi connectivity index (χ0) is 21.1. The maximum Gasteiger partial charge on any atom is 0.305 e. The van der Waals surface area contributed by atoms with Gasteiger partial charge in [0.2, 0.25) is 0 Å². The summed E-state index contributed by atoms with van der Waals surface area (Å²) < 4.78 is 1.02. The number of rotatable bonds is 6. The van der Waals surface area contributed by atoms with Gasteiger partial charge >= 0.3 is 5.97 Å². The third-order valence-electron chi connectivity index (χ3n) is 4.30. The topological polar surface area (TPSA) is 89.3 Å². The number of aryl methyl sites for hydroxylation is 1. The van der Waals surface area contributed by atoms with Crippen molar-refractivity contribution in [1.29, 1.82) is 0 Å². The van der Waals surface area contributed by atoms with Gasteiger partial charge in [0, 0.05) is 21.2 Å². The Kier molecular flexibility index (Phi) is 6.15. The van der Waals surface area contributed by atoms with Crippen LogP contribution in [-0.4, -0.2) is 26.6 Å². The van der Waals surface area contributed by atoms with Crippen LogP contribution < -0.4 is 5.56 Å². The molecule has 0 saturated carbocycles. The van der Waals surface area contributed by atoms with Crippen LogP contribution in [0.2, 0.25) is 10.0 Å². The third kappa shape index (κ3) is 4.55. The van der Waals surface area contributed by atoms with Gasteiger partial charge in [0.25, 0.3) is 5.56 Å². The molecule has 29 heavy (non-hydrogen) atoms. The van der Waals surface area contributed by atoms with Crippen LogP contribution in [0.4, 0.5) is 0 Å². The number of aliphatic carboxylic acids is 1. The van der Waals surface area contributed by atoms with Gasteiger partial charge < -0.3 is 5.11 Å². The number of carboxylic acids is 1. The zero-order valence-electron chi connectivity index (χ0n) is 15.4. The standard InChI is InChI=1S/C21H16Cl2N2O4/c1-12(26)18-19(13-2-6-15(22)7-3-13)20(14-4-8-16(23)9-5-14)24-25(21(18)29)11-10-17(27)28/h2-9H,10-11H2,1H3,(H,27,28). The first-order valence-corrected chi connectivity index (χ1v) is 9.43. The van der Waals surface area contributed by atoms with Crippen LogP contribution in [0.3, 0.4) is 0 Å². The third-order valence-corrected chi connectivity index (χ3v) is 4.80. The molecule has 1 heterocycles. The highest BCUT2D eigenvalue weighted by atomic mass is 35.5. The molecule has 8 heteroatoms. The monoisotopic (exact) mass is 430 g/mol. The van der Waals surface area contributed by atoms with Gasteiger partial charge in [0.15, 0.2) is 5.78 Å². The molecule has 148 valence electrons. The minimum absolute atomic E-state index is 0.0577. The van der Waals surface area contributed by atoms with Crippen LogP contribution in [0.1, 0.15) is 23.7 Å². The molecule has 0 aliphatic carbocycles. The Morgan fingerprint density at radius 2 is 1.48 bits per heavy atom. The van der Waals surface area contributed by atoms with E-state index in [0.29, 0.717) is 32.4 Å². The van der Waals surface area contributed by atoms with Crippen LogP contribution in [-0.2, 0) is 11.3 Å². The largest absolute Gasteiger partial charge is 0.481 e. The number of ketones is 1. The molecule has 0 aliphatic heterocycles. The quantitative estimate of drug-likeness (QED) is 0.578. The molecule has 0 saturated heterocycles. The van der Waals surface area contributed by atoms with Crippen LogP contribution in [0, 0.1) is 0 Å². The van der Waals surface area contributed by atoms with Gasteiger partial charge in [-0.1, -0.05) is 47.5 Å². The Morgan fingerprint density at radius 3 is 1.97 bits per heavy atom. The smallest absolute Gasteiger partial charge is 0.305 e. The van der Waals surface area contributed by atoms with Crippen LogP contribution in [0.5, 0.6) is 0 Å². The Bertz CT molecular complexity index is 1140. The predicted molar refractivity (Wildman–Crippen MR) is 112 cm³/mol. The fourth-order valence-electron chi connectivity index (χ4n) is 2.96. The molecule has 0 atom stereocenters. The van der Waals surface area contributed by atoms with E-state index in [0.717, 1.165) is 4.68 Å². The summed E-state index contributed by atoms with van der Waals surface area (Å²) in [6.07, 6.45) is -0.301. The van der Waals surface area contributed by atoms with Crippen molar-refractivity contribution in [1.82, 2.24) is 9.78 Å². The number of hydrogen-bond donors (Lipinski definition) is 1. The first kappa shape index (κ1) is 20.8. The Morgan fingerprint density at radius 1 is 0.966 bits per heavy atom. The molecule has 0 spiro atoms. The number of carbonyl (C=O) groups is 2. The number of benzene rings is 2. The van der Waals surface area contributed by atoms with Gasteiger partial charge in [-0.05, 0) is 36.8 Å².